The maximum atomic E-state index is 13.5. The number of aryl methyl sites for hydroxylation is 3. The number of aromatic nitrogens is 4. The summed E-state index contributed by atoms with van der Waals surface area (Å²) >= 11 is 6.16. The number of hydrogen-bond acceptors (Lipinski definition) is 5. The largest absolute Gasteiger partial charge is 0.495 e. The number of benzene rings is 2. The van der Waals surface area contributed by atoms with Crippen LogP contribution in [-0.4, -0.2) is 31.9 Å². The van der Waals surface area contributed by atoms with Crippen molar-refractivity contribution in [3.05, 3.63) is 85.6 Å². The van der Waals surface area contributed by atoms with Crippen LogP contribution >= 0.6 is 11.6 Å². The van der Waals surface area contributed by atoms with E-state index in [2.05, 4.69) is 10.4 Å². The first kappa shape index (κ1) is 24.3. The lowest BCUT2D eigenvalue weighted by atomic mass is 10.1. The Morgan fingerprint density at radius 1 is 1.09 bits per heavy atom. The molecule has 1 amide bonds. The van der Waals surface area contributed by atoms with E-state index in [1.165, 1.54) is 16.2 Å². The van der Waals surface area contributed by atoms with Gasteiger partial charge in [0.25, 0.3) is 5.56 Å². The number of rotatable bonds is 8. The summed E-state index contributed by atoms with van der Waals surface area (Å²) in [5.41, 5.74) is 1.66. The average molecular weight is 496 g/mol. The fourth-order valence-corrected chi connectivity index (χ4v) is 4.37. The second kappa shape index (κ2) is 10.2. The highest BCUT2D eigenvalue weighted by molar-refractivity contribution is 6.32. The fourth-order valence-electron chi connectivity index (χ4n) is 4.11. The van der Waals surface area contributed by atoms with Gasteiger partial charge in [-0.2, -0.15) is 5.10 Å². The van der Waals surface area contributed by atoms with Crippen LogP contribution in [-0.2, 0) is 30.8 Å². The van der Waals surface area contributed by atoms with Crippen molar-refractivity contribution in [1.82, 2.24) is 18.9 Å². The van der Waals surface area contributed by atoms with Crippen molar-refractivity contribution >= 4 is 34.2 Å². The average Bonchev–Trinajstić information content (AvgIpc) is 3.19. The smallest absolute Gasteiger partial charge is 0.332 e. The van der Waals surface area contributed by atoms with Gasteiger partial charge in [0.15, 0.2) is 5.52 Å². The van der Waals surface area contributed by atoms with E-state index in [-0.39, 0.29) is 13.1 Å². The number of nitrogens with one attached hydrogen (secondary N) is 1. The van der Waals surface area contributed by atoms with Crippen molar-refractivity contribution in [2.75, 3.05) is 12.4 Å². The van der Waals surface area contributed by atoms with Gasteiger partial charge in [0, 0.05) is 18.8 Å². The highest BCUT2D eigenvalue weighted by Crippen LogP contribution is 2.27. The SMILES string of the molecule is CCn1nc(C)c2c1c(=O)n(CCc1ccccc1)c(=O)n2CC(=O)Nc1ccc(OC)c(Cl)c1. The van der Waals surface area contributed by atoms with Crippen LogP contribution in [0.15, 0.2) is 58.1 Å². The van der Waals surface area contributed by atoms with Crippen molar-refractivity contribution in [2.45, 2.75) is 39.9 Å². The van der Waals surface area contributed by atoms with Gasteiger partial charge in [-0.25, -0.2) is 4.79 Å². The molecule has 0 saturated carbocycles. The van der Waals surface area contributed by atoms with Gasteiger partial charge >= 0.3 is 5.69 Å². The maximum Gasteiger partial charge on any atom is 0.332 e. The molecule has 9 nitrogen and oxygen atoms in total. The van der Waals surface area contributed by atoms with Crippen molar-refractivity contribution in [3.8, 4) is 5.75 Å². The zero-order chi connectivity index (χ0) is 25.1. The number of carbonyl (C=O) groups excluding carboxylic acids is 1. The van der Waals surface area contributed by atoms with Crippen molar-refractivity contribution in [3.63, 3.8) is 0 Å². The Morgan fingerprint density at radius 3 is 2.49 bits per heavy atom. The number of halogens is 1. The summed E-state index contributed by atoms with van der Waals surface area (Å²) in [5.74, 6) is 0.0437. The third kappa shape index (κ3) is 4.85. The summed E-state index contributed by atoms with van der Waals surface area (Å²) in [6.45, 7) is 3.93. The molecule has 0 atom stereocenters. The Morgan fingerprint density at radius 2 is 1.83 bits per heavy atom. The van der Waals surface area contributed by atoms with E-state index in [1.807, 2.05) is 37.3 Å². The lowest BCUT2D eigenvalue weighted by Crippen LogP contribution is -2.42. The molecule has 4 aromatic rings. The summed E-state index contributed by atoms with van der Waals surface area (Å²) in [6, 6.07) is 14.5. The van der Waals surface area contributed by atoms with Gasteiger partial charge in [0.05, 0.1) is 17.8 Å². The van der Waals surface area contributed by atoms with Gasteiger partial charge in [0.1, 0.15) is 17.8 Å². The predicted octanol–water partition coefficient (Wildman–Crippen LogP) is 3.23. The summed E-state index contributed by atoms with van der Waals surface area (Å²) in [5, 5.41) is 7.53. The standard InChI is InChI=1S/C25H26ClN5O4/c1-4-31-23-22(16(2)28-31)30(15-21(32)27-18-10-11-20(35-3)19(26)14-18)25(34)29(24(23)33)13-12-17-8-6-5-7-9-17/h5-11,14H,4,12-13,15H2,1-3H3,(H,27,32). The van der Waals surface area contributed by atoms with Crippen LogP contribution in [0.3, 0.4) is 0 Å². The molecule has 2 aromatic carbocycles. The molecule has 2 heterocycles. The number of hydrogen-bond donors (Lipinski definition) is 1. The quantitative estimate of drug-likeness (QED) is 0.404. The number of methoxy groups -OCH3 is 1. The molecule has 35 heavy (non-hydrogen) atoms. The first-order valence-electron chi connectivity index (χ1n) is 11.2. The van der Waals surface area contributed by atoms with Crippen LogP contribution in [0.25, 0.3) is 11.0 Å². The summed E-state index contributed by atoms with van der Waals surface area (Å²) in [7, 11) is 1.50. The molecule has 0 fully saturated rings. The monoisotopic (exact) mass is 495 g/mol. The highest BCUT2D eigenvalue weighted by atomic mass is 35.5. The third-order valence-electron chi connectivity index (χ3n) is 5.78. The molecule has 10 heteroatoms. The number of nitrogens with zero attached hydrogens (tertiary/aromatic N) is 4. The van der Waals surface area contributed by atoms with E-state index in [1.54, 1.807) is 29.8 Å². The molecule has 2 aromatic heterocycles. The molecule has 0 aliphatic carbocycles. The van der Waals surface area contributed by atoms with E-state index >= 15 is 0 Å². The fraction of sp³-hybridized carbons (Fsp3) is 0.280. The van der Waals surface area contributed by atoms with Gasteiger partial charge in [-0.05, 0) is 44.0 Å². The molecular weight excluding hydrogens is 470 g/mol. The highest BCUT2D eigenvalue weighted by Gasteiger charge is 2.21. The zero-order valence-corrected chi connectivity index (χ0v) is 20.5. The summed E-state index contributed by atoms with van der Waals surface area (Å²) in [4.78, 5) is 39.8. The third-order valence-corrected chi connectivity index (χ3v) is 6.07. The molecule has 0 saturated heterocycles. The van der Waals surface area contributed by atoms with Gasteiger partial charge in [-0.15, -0.1) is 0 Å². The Balaban J connectivity index is 1.73. The number of fused-ring (bicyclic) bond motifs is 1. The molecule has 0 radical (unpaired) electrons. The zero-order valence-electron chi connectivity index (χ0n) is 19.7. The minimum atomic E-state index is -0.555. The Labute approximate surface area is 206 Å². The topological polar surface area (TPSA) is 100 Å². The molecule has 0 unspecified atom stereocenters. The van der Waals surface area contributed by atoms with E-state index in [0.29, 0.717) is 46.2 Å². The first-order valence-corrected chi connectivity index (χ1v) is 11.6. The lowest BCUT2D eigenvalue weighted by molar-refractivity contribution is -0.116. The number of anilines is 1. The maximum absolute atomic E-state index is 13.5. The van der Waals surface area contributed by atoms with Gasteiger partial charge < -0.3 is 10.1 Å². The van der Waals surface area contributed by atoms with Gasteiger partial charge in [-0.1, -0.05) is 41.9 Å². The summed E-state index contributed by atoms with van der Waals surface area (Å²) in [6.07, 6.45) is 0.497. The number of ether oxygens (including phenoxy) is 1. The second-order valence-corrected chi connectivity index (χ2v) is 8.46. The molecule has 182 valence electrons. The number of amides is 1. The first-order chi connectivity index (χ1) is 16.8. The lowest BCUT2D eigenvalue weighted by Gasteiger charge is -2.14. The van der Waals surface area contributed by atoms with Crippen molar-refractivity contribution in [1.29, 1.82) is 0 Å². The molecule has 0 aliphatic heterocycles. The normalized spacial score (nSPS) is 11.1. The van der Waals surface area contributed by atoms with Crippen LogP contribution in [0.1, 0.15) is 18.2 Å². The molecule has 0 aliphatic rings. The van der Waals surface area contributed by atoms with Crippen molar-refractivity contribution in [2.24, 2.45) is 0 Å². The van der Waals surface area contributed by atoms with Crippen LogP contribution in [0, 0.1) is 6.92 Å². The van der Waals surface area contributed by atoms with E-state index in [4.69, 9.17) is 16.3 Å². The van der Waals surface area contributed by atoms with Gasteiger partial charge in [0.2, 0.25) is 5.91 Å². The second-order valence-electron chi connectivity index (χ2n) is 8.06. The Hall–Kier alpha value is -3.85. The predicted molar refractivity (Wildman–Crippen MR) is 135 cm³/mol. The Bertz CT molecular complexity index is 1500. The minimum absolute atomic E-state index is 0.182. The van der Waals surface area contributed by atoms with Gasteiger partial charge in [-0.3, -0.25) is 23.4 Å². The van der Waals surface area contributed by atoms with E-state index in [9.17, 15) is 14.4 Å². The van der Waals surface area contributed by atoms with Crippen LogP contribution in [0.4, 0.5) is 5.69 Å². The van der Waals surface area contributed by atoms with Crippen molar-refractivity contribution < 1.29 is 9.53 Å². The minimum Gasteiger partial charge on any atom is -0.495 e. The summed E-state index contributed by atoms with van der Waals surface area (Å²) < 4.78 is 9.21. The molecule has 0 spiro atoms. The molecule has 4 rings (SSSR count). The molecule has 1 N–H and O–H groups in total. The van der Waals surface area contributed by atoms with Crippen LogP contribution in [0.5, 0.6) is 5.75 Å². The van der Waals surface area contributed by atoms with E-state index < -0.39 is 17.2 Å². The molecular formula is C25H26ClN5O4. The van der Waals surface area contributed by atoms with E-state index in [0.717, 1.165) is 5.56 Å². The number of carbonyl (C=O) groups is 1. The molecule has 0 bridgehead atoms. The Kier molecular flexibility index (Phi) is 7.07. The van der Waals surface area contributed by atoms with Crippen LogP contribution < -0.4 is 21.3 Å². The van der Waals surface area contributed by atoms with Crippen LogP contribution in [0.2, 0.25) is 5.02 Å².